The molecule has 0 saturated carbocycles. The van der Waals surface area contributed by atoms with Crippen molar-refractivity contribution in [2.75, 3.05) is 20.8 Å². The highest BCUT2D eigenvalue weighted by atomic mass is 16.5. The molecule has 2 rings (SSSR count). The van der Waals surface area contributed by atoms with Crippen LogP contribution in [0.5, 0.6) is 5.75 Å². The average molecular weight is 248 g/mol. The zero-order valence-electron chi connectivity index (χ0n) is 10.6. The number of esters is 1. The van der Waals surface area contributed by atoms with Gasteiger partial charge in [-0.2, -0.15) is 0 Å². The van der Waals surface area contributed by atoms with Crippen LogP contribution in [0.15, 0.2) is 23.8 Å². The lowest BCUT2D eigenvalue weighted by atomic mass is 10.1. The SMILES string of the molecule is COCc1cccc2c1OCCC(C(=O)OC)=C2. The Hall–Kier alpha value is -1.81. The number of carbonyl (C=O) groups is 1. The van der Waals surface area contributed by atoms with Gasteiger partial charge in [-0.3, -0.25) is 0 Å². The summed E-state index contributed by atoms with van der Waals surface area (Å²) in [5.74, 6) is 0.488. The number of hydrogen-bond donors (Lipinski definition) is 0. The van der Waals surface area contributed by atoms with Gasteiger partial charge < -0.3 is 14.2 Å². The minimum Gasteiger partial charge on any atom is -0.492 e. The summed E-state index contributed by atoms with van der Waals surface area (Å²) in [6.07, 6.45) is 2.38. The predicted molar refractivity (Wildman–Crippen MR) is 67.3 cm³/mol. The van der Waals surface area contributed by atoms with Crippen molar-refractivity contribution >= 4 is 12.0 Å². The van der Waals surface area contributed by atoms with E-state index >= 15 is 0 Å². The van der Waals surface area contributed by atoms with E-state index in [0.717, 1.165) is 16.9 Å². The Morgan fingerprint density at radius 1 is 1.39 bits per heavy atom. The van der Waals surface area contributed by atoms with E-state index < -0.39 is 0 Å². The molecule has 0 unspecified atom stereocenters. The molecule has 1 aliphatic heterocycles. The van der Waals surface area contributed by atoms with Gasteiger partial charge in [0.25, 0.3) is 0 Å². The third kappa shape index (κ3) is 2.54. The summed E-state index contributed by atoms with van der Waals surface area (Å²) in [7, 11) is 3.03. The number of hydrogen-bond acceptors (Lipinski definition) is 4. The van der Waals surface area contributed by atoms with E-state index in [0.29, 0.717) is 25.2 Å². The van der Waals surface area contributed by atoms with Gasteiger partial charge in [-0.05, 0) is 6.08 Å². The van der Waals surface area contributed by atoms with Crippen LogP contribution in [-0.2, 0) is 20.9 Å². The highest BCUT2D eigenvalue weighted by Gasteiger charge is 2.17. The van der Waals surface area contributed by atoms with E-state index in [1.54, 1.807) is 7.11 Å². The Morgan fingerprint density at radius 2 is 2.22 bits per heavy atom. The minimum absolute atomic E-state index is 0.302. The van der Waals surface area contributed by atoms with Crippen molar-refractivity contribution in [1.29, 1.82) is 0 Å². The normalized spacial score (nSPS) is 14.0. The van der Waals surface area contributed by atoms with Crippen LogP contribution >= 0.6 is 0 Å². The highest BCUT2D eigenvalue weighted by molar-refractivity contribution is 5.94. The maximum Gasteiger partial charge on any atom is 0.333 e. The highest BCUT2D eigenvalue weighted by Crippen LogP contribution is 2.30. The summed E-state index contributed by atoms with van der Waals surface area (Å²) in [5.41, 5.74) is 2.51. The Labute approximate surface area is 106 Å². The molecular formula is C14H16O4. The summed E-state index contributed by atoms with van der Waals surface area (Å²) < 4.78 is 15.6. The lowest BCUT2D eigenvalue weighted by Crippen LogP contribution is -2.07. The summed E-state index contributed by atoms with van der Waals surface area (Å²) in [4.78, 5) is 11.6. The number of methoxy groups -OCH3 is 2. The Kier molecular flexibility index (Phi) is 3.99. The van der Waals surface area contributed by atoms with E-state index in [1.807, 2.05) is 24.3 Å². The average Bonchev–Trinajstić information content (AvgIpc) is 2.61. The fraction of sp³-hybridized carbons (Fsp3) is 0.357. The molecule has 0 atom stereocenters. The van der Waals surface area contributed by atoms with Gasteiger partial charge in [-0.15, -0.1) is 0 Å². The van der Waals surface area contributed by atoms with E-state index in [9.17, 15) is 4.79 Å². The Balaban J connectivity index is 2.40. The topological polar surface area (TPSA) is 44.8 Å². The standard InChI is InChI=1S/C14H16O4/c1-16-9-12-5-3-4-10-8-11(14(15)17-2)6-7-18-13(10)12/h3-5,8H,6-7,9H2,1-2H3. The third-order valence-electron chi connectivity index (χ3n) is 2.82. The number of benzene rings is 1. The molecule has 0 aromatic heterocycles. The summed E-state index contributed by atoms with van der Waals surface area (Å²) in [6.45, 7) is 0.958. The molecule has 0 spiro atoms. The first-order valence-electron chi connectivity index (χ1n) is 5.78. The zero-order chi connectivity index (χ0) is 13.0. The van der Waals surface area contributed by atoms with Gasteiger partial charge in [0.1, 0.15) is 5.75 Å². The van der Waals surface area contributed by atoms with Crippen LogP contribution in [0.3, 0.4) is 0 Å². The molecule has 0 bridgehead atoms. The third-order valence-corrected chi connectivity index (χ3v) is 2.82. The molecule has 1 heterocycles. The van der Waals surface area contributed by atoms with Crippen LogP contribution in [0.25, 0.3) is 6.08 Å². The van der Waals surface area contributed by atoms with Gasteiger partial charge in [0, 0.05) is 30.2 Å². The molecule has 0 fully saturated rings. The lowest BCUT2D eigenvalue weighted by Gasteiger charge is -2.11. The van der Waals surface area contributed by atoms with Crippen molar-refractivity contribution in [2.24, 2.45) is 0 Å². The number of rotatable bonds is 3. The Bertz CT molecular complexity index is 477. The number of para-hydroxylation sites is 1. The molecule has 1 aromatic carbocycles. The molecule has 4 nitrogen and oxygen atoms in total. The largest absolute Gasteiger partial charge is 0.492 e. The van der Waals surface area contributed by atoms with Crippen molar-refractivity contribution in [3.63, 3.8) is 0 Å². The van der Waals surface area contributed by atoms with Crippen LogP contribution < -0.4 is 4.74 Å². The molecule has 18 heavy (non-hydrogen) atoms. The quantitative estimate of drug-likeness (QED) is 0.769. The van der Waals surface area contributed by atoms with Gasteiger partial charge in [-0.1, -0.05) is 18.2 Å². The second-order valence-electron chi connectivity index (χ2n) is 4.03. The van der Waals surface area contributed by atoms with Crippen molar-refractivity contribution in [1.82, 2.24) is 0 Å². The van der Waals surface area contributed by atoms with Gasteiger partial charge in [0.15, 0.2) is 0 Å². The second-order valence-corrected chi connectivity index (χ2v) is 4.03. The van der Waals surface area contributed by atoms with Crippen molar-refractivity contribution in [2.45, 2.75) is 13.0 Å². The number of carbonyl (C=O) groups excluding carboxylic acids is 1. The molecule has 0 saturated heterocycles. The maximum absolute atomic E-state index is 11.6. The number of ether oxygens (including phenoxy) is 3. The fourth-order valence-corrected chi connectivity index (χ4v) is 1.98. The molecule has 1 aliphatic rings. The smallest absolute Gasteiger partial charge is 0.333 e. The molecule has 0 N–H and O–H groups in total. The van der Waals surface area contributed by atoms with Gasteiger partial charge in [0.05, 0.1) is 20.3 Å². The van der Waals surface area contributed by atoms with Gasteiger partial charge in [-0.25, -0.2) is 4.79 Å². The van der Waals surface area contributed by atoms with Crippen LogP contribution in [0, 0.1) is 0 Å². The van der Waals surface area contributed by atoms with Crippen LogP contribution in [0.2, 0.25) is 0 Å². The first-order chi connectivity index (χ1) is 8.76. The summed E-state index contributed by atoms with van der Waals surface area (Å²) in [5, 5.41) is 0. The van der Waals surface area contributed by atoms with Crippen LogP contribution in [0.1, 0.15) is 17.5 Å². The first-order valence-corrected chi connectivity index (χ1v) is 5.78. The molecule has 4 heteroatoms. The molecular weight excluding hydrogens is 232 g/mol. The molecule has 0 radical (unpaired) electrons. The number of fused-ring (bicyclic) bond motifs is 1. The monoisotopic (exact) mass is 248 g/mol. The van der Waals surface area contributed by atoms with Crippen LogP contribution in [-0.4, -0.2) is 26.8 Å². The lowest BCUT2D eigenvalue weighted by molar-refractivity contribution is -0.136. The van der Waals surface area contributed by atoms with E-state index in [2.05, 4.69) is 0 Å². The van der Waals surface area contributed by atoms with Gasteiger partial charge in [0.2, 0.25) is 0 Å². The van der Waals surface area contributed by atoms with E-state index in [4.69, 9.17) is 14.2 Å². The van der Waals surface area contributed by atoms with Crippen LogP contribution in [0.4, 0.5) is 0 Å². The summed E-state index contributed by atoms with van der Waals surface area (Å²) in [6, 6.07) is 5.80. The fourth-order valence-electron chi connectivity index (χ4n) is 1.98. The molecule has 96 valence electrons. The van der Waals surface area contributed by atoms with Gasteiger partial charge >= 0.3 is 5.97 Å². The second kappa shape index (κ2) is 5.69. The minimum atomic E-state index is -0.302. The molecule has 1 aromatic rings. The van der Waals surface area contributed by atoms with E-state index in [-0.39, 0.29) is 5.97 Å². The van der Waals surface area contributed by atoms with Crippen molar-refractivity contribution < 1.29 is 19.0 Å². The Morgan fingerprint density at radius 3 is 2.94 bits per heavy atom. The molecule has 0 amide bonds. The van der Waals surface area contributed by atoms with Crippen molar-refractivity contribution in [3.05, 3.63) is 34.9 Å². The maximum atomic E-state index is 11.6. The van der Waals surface area contributed by atoms with Crippen molar-refractivity contribution in [3.8, 4) is 5.75 Å². The van der Waals surface area contributed by atoms with E-state index in [1.165, 1.54) is 7.11 Å². The molecule has 0 aliphatic carbocycles. The first kappa shape index (κ1) is 12.6. The summed E-state index contributed by atoms with van der Waals surface area (Å²) >= 11 is 0. The zero-order valence-corrected chi connectivity index (χ0v) is 10.6. The predicted octanol–water partition coefficient (Wildman–Crippen LogP) is 2.17.